The van der Waals surface area contributed by atoms with Crippen LogP contribution in [0.1, 0.15) is 44.1 Å². The smallest absolute Gasteiger partial charge is 0.451 e. The Morgan fingerprint density at radius 3 is 2.27 bits per heavy atom. The highest BCUT2D eigenvalue weighted by Crippen LogP contribution is 2.24. The maximum Gasteiger partial charge on any atom is 0.451 e. The summed E-state index contributed by atoms with van der Waals surface area (Å²) in [6, 6.07) is 8.03. The molecule has 1 aromatic rings. The Labute approximate surface area is 197 Å². The largest absolute Gasteiger partial charge is 0.480 e. The number of rotatable bonds is 11. The number of hydrogen-bond donors (Lipinski definition) is 4. The van der Waals surface area contributed by atoms with Gasteiger partial charge in [0.25, 0.3) is 0 Å². The van der Waals surface area contributed by atoms with Gasteiger partial charge in [-0.1, -0.05) is 36.6 Å². The first-order chi connectivity index (χ1) is 13.3. The Kier molecular flexibility index (Phi) is 14.3. The Bertz CT molecular complexity index is 617. The molecule has 1 aliphatic rings. The molecule has 1 atom stereocenters. The standard InChI is InChI=1S/C20H32BClN2O4.2ClH/c22-18-5-3-16(4-6-18)15-17-7-12-24(13-8-17)14-10-20(23,19(25)26)9-1-2-11-21(27)28;;/h3-6,17,27-28H,1-2,7-15,23H2,(H,25,26);2*1H. The molecule has 1 fully saturated rings. The van der Waals surface area contributed by atoms with Gasteiger partial charge < -0.3 is 25.8 Å². The van der Waals surface area contributed by atoms with Crippen LogP contribution in [-0.2, 0) is 11.2 Å². The van der Waals surface area contributed by atoms with Crippen molar-refractivity contribution in [2.24, 2.45) is 11.7 Å². The van der Waals surface area contributed by atoms with Crippen molar-refractivity contribution >= 4 is 49.5 Å². The van der Waals surface area contributed by atoms with Crippen molar-refractivity contribution in [2.75, 3.05) is 19.6 Å². The zero-order valence-electron chi connectivity index (χ0n) is 17.2. The SMILES string of the molecule is Cl.Cl.NC(CCCCB(O)O)(CCN1CCC(Cc2ccc(Cl)cc2)CC1)C(=O)O. The molecule has 0 radical (unpaired) electrons. The Balaban J connectivity index is 0.00000420. The van der Waals surface area contributed by atoms with E-state index >= 15 is 0 Å². The number of carbonyl (C=O) groups is 1. The van der Waals surface area contributed by atoms with Gasteiger partial charge in [-0.25, -0.2) is 0 Å². The fraction of sp³-hybridized carbons (Fsp3) is 0.650. The van der Waals surface area contributed by atoms with Crippen molar-refractivity contribution in [1.29, 1.82) is 0 Å². The van der Waals surface area contributed by atoms with E-state index in [9.17, 15) is 9.90 Å². The third-order valence-electron chi connectivity index (χ3n) is 5.78. The highest BCUT2D eigenvalue weighted by atomic mass is 35.5. The van der Waals surface area contributed by atoms with Crippen LogP contribution in [0, 0.1) is 5.92 Å². The summed E-state index contributed by atoms with van der Waals surface area (Å²) in [5.74, 6) is -0.334. The zero-order chi connectivity index (χ0) is 20.6. The van der Waals surface area contributed by atoms with E-state index in [0.29, 0.717) is 38.1 Å². The summed E-state index contributed by atoms with van der Waals surface area (Å²) >= 11 is 5.94. The molecular formula is C20H34BCl3N2O4. The average Bonchev–Trinajstić information content (AvgIpc) is 2.66. The predicted molar refractivity (Wildman–Crippen MR) is 127 cm³/mol. The van der Waals surface area contributed by atoms with Crippen molar-refractivity contribution in [3.63, 3.8) is 0 Å². The van der Waals surface area contributed by atoms with Crippen molar-refractivity contribution in [2.45, 2.75) is 56.8 Å². The molecule has 0 aliphatic carbocycles. The molecule has 0 saturated carbocycles. The lowest BCUT2D eigenvalue weighted by molar-refractivity contribution is -0.144. The Morgan fingerprint density at radius 2 is 1.73 bits per heavy atom. The lowest BCUT2D eigenvalue weighted by Gasteiger charge is -2.34. The highest BCUT2D eigenvalue weighted by molar-refractivity contribution is 6.40. The summed E-state index contributed by atoms with van der Waals surface area (Å²) in [4.78, 5) is 14.0. The number of carboxylic acid groups (broad SMARTS) is 1. The van der Waals surface area contributed by atoms with E-state index in [4.69, 9.17) is 27.4 Å². The normalized spacial score (nSPS) is 16.8. The van der Waals surface area contributed by atoms with E-state index in [1.807, 2.05) is 12.1 Å². The van der Waals surface area contributed by atoms with E-state index in [0.717, 1.165) is 37.4 Å². The average molecular weight is 484 g/mol. The van der Waals surface area contributed by atoms with E-state index in [1.165, 1.54) is 5.56 Å². The minimum Gasteiger partial charge on any atom is -0.480 e. The van der Waals surface area contributed by atoms with Crippen molar-refractivity contribution in [3.8, 4) is 0 Å². The summed E-state index contributed by atoms with van der Waals surface area (Å²) in [5.41, 5.74) is 6.21. The number of aliphatic carboxylic acids is 1. The first-order valence-electron chi connectivity index (χ1n) is 10.1. The summed E-state index contributed by atoms with van der Waals surface area (Å²) in [6.07, 6.45) is 5.38. The molecule has 1 aromatic carbocycles. The molecule has 0 aromatic heterocycles. The van der Waals surface area contributed by atoms with Gasteiger partial charge in [0.15, 0.2) is 0 Å². The van der Waals surface area contributed by atoms with Crippen molar-refractivity contribution in [1.82, 2.24) is 4.90 Å². The summed E-state index contributed by atoms with van der Waals surface area (Å²) in [7, 11) is -1.34. The second-order valence-corrected chi connectivity index (χ2v) is 8.49. The molecule has 172 valence electrons. The van der Waals surface area contributed by atoms with E-state index in [2.05, 4.69) is 17.0 Å². The van der Waals surface area contributed by atoms with E-state index in [1.54, 1.807) is 0 Å². The highest BCUT2D eigenvalue weighted by Gasteiger charge is 2.34. The van der Waals surface area contributed by atoms with Crippen LogP contribution in [0.3, 0.4) is 0 Å². The van der Waals surface area contributed by atoms with Gasteiger partial charge in [0.2, 0.25) is 0 Å². The van der Waals surface area contributed by atoms with Gasteiger partial charge in [-0.2, -0.15) is 0 Å². The first-order valence-corrected chi connectivity index (χ1v) is 10.5. The Hall–Kier alpha value is -0.535. The number of piperidine rings is 1. The second-order valence-electron chi connectivity index (χ2n) is 8.05. The van der Waals surface area contributed by atoms with Crippen LogP contribution in [0.2, 0.25) is 11.3 Å². The number of benzene rings is 1. The second kappa shape index (κ2) is 14.5. The van der Waals surface area contributed by atoms with Gasteiger partial charge in [-0.15, -0.1) is 24.8 Å². The molecule has 6 nitrogen and oxygen atoms in total. The monoisotopic (exact) mass is 482 g/mol. The number of nitrogens with zero attached hydrogens (tertiary/aromatic N) is 1. The molecule has 5 N–H and O–H groups in total. The number of nitrogens with two attached hydrogens (primary N) is 1. The molecule has 0 spiro atoms. The molecule has 1 saturated heterocycles. The first kappa shape index (κ1) is 29.5. The van der Waals surface area contributed by atoms with Crippen molar-refractivity contribution < 1.29 is 19.9 Å². The molecule has 30 heavy (non-hydrogen) atoms. The van der Waals surface area contributed by atoms with E-state index < -0.39 is 18.6 Å². The van der Waals surface area contributed by atoms with Crippen LogP contribution in [0.4, 0.5) is 0 Å². The molecule has 2 rings (SSSR count). The Morgan fingerprint density at radius 1 is 1.13 bits per heavy atom. The topological polar surface area (TPSA) is 107 Å². The summed E-state index contributed by atoms with van der Waals surface area (Å²) in [6.45, 7) is 2.61. The lowest BCUT2D eigenvalue weighted by atomic mass is 9.81. The minimum atomic E-state index is -1.34. The summed E-state index contributed by atoms with van der Waals surface area (Å²) < 4.78 is 0. The predicted octanol–water partition coefficient (Wildman–Crippen LogP) is 3.25. The maximum absolute atomic E-state index is 11.6. The van der Waals surface area contributed by atoms with E-state index in [-0.39, 0.29) is 31.1 Å². The zero-order valence-corrected chi connectivity index (χ0v) is 19.6. The maximum atomic E-state index is 11.6. The fourth-order valence-corrected chi connectivity index (χ4v) is 3.96. The third kappa shape index (κ3) is 10.2. The molecule has 0 amide bonds. The van der Waals surface area contributed by atoms with Gasteiger partial charge in [0, 0.05) is 11.6 Å². The number of hydrogen-bond acceptors (Lipinski definition) is 5. The van der Waals surface area contributed by atoms with Gasteiger partial charge in [0.05, 0.1) is 0 Å². The molecule has 1 unspecified atom stereocenters. The molecule has 0 bridgehead atoms. The number of unbranched alkanes of at least 4 members (excludes halogenated alkanes) is 1. The molecule has 10 heteroatoms. The third-order valence-corrected chi connectivity index (χ3v) is 6.03. The fourth-order valence-electron chi connectivity index (χ4n) is 3.83. The van der Waals surface area contributed by atoms with Crippen LogP contribution in [0.5, 0.6) is 0 Å². The van der Waals surface area contributed by atoms with Crippen molar-refractivity contribution in [3.05, 3.63) is 34.9 Å². The van der Waals surface area contributed by atoms with Gasteiger partial charge in [-0.3, -0.25) is 4.79 Å². The minimum absolute atomic E-state index is 0. The quantitative estimate of drug-likeness (QED) is 0.284. The molecule has 1 heterocycles. The van der Waals surface area contributed by atoms with Crippen LogP contribution < -0.4 is 5.73 Å². The number of carboxylic acids is 1. The van der Waals surface area contributed by atoms with Crippen LogP contribution in [0.15, 0.2) is 24.3 Å². The molecule has 1 aliphatic heterocycles. The number of likely N-dealkylation sites (tertiary alicyclic amines) is 1. The van der Waals surface area contributed by atoms with Gasteiger partial charge >= 0.3 is 13.1 Å². The lowest BCUT2D eigenvalue weighted by Crippen LogP contribution is -2.50. The van der Waals surface area contributed by atoms with Crippen LogP contribution in [-0.4, -0.2) is 58.3 Å². The number of halogens is 3. The summed E-state index contributed by atoms with van der Waals surface area (Å²) in [5, 5.41) is 28.1. The van der Waals surface area contributed by atoms with Crippen LogP contribution >= 0.6 is 36.4 Å². The molecular weight excluding hydrogens is 449 g/mol. The van der Waals surface area contributed by atoms with Gasteiger partial charge in [0.1, 0.15) is 5.54 Å². The van der Waals surface area contributed by atoms with Gasteiger partial charge in [-0.05, 0) is 75.1 Å². The van der Waals surface area contributed by atoms with Crippen LogP contribution in [0.25, 0.3) is 0 Å².